The second-order valence-electron chi connectivity index (χ2n) is 7.76. The highest BCUT2D eigenvalue weighted by atomic mass is 16.1. The van der Waals surface area contributed by atoms with Crippen molar-refractivity contribution in [2.45, 2.75) is 52.1 Å². The van der Waals surface area contributed by atoms with Gasteiger partial charge in [0.2, 0.25) is 0 Å². The van der Waals surface area contributed by atoms with Crippen LogP contribution in [0.1, 0.15) is 51.3 Å². The number of hydrogen-bond donors (Lipinski definition) is 1. The average molecular weight is 374 g/mol. The molecule has 1 aliphatic carbocycles. The normalized spacial score (nSPS) is 16.3. The van der Waals surface area contributed by atoms with Crippen LogP contribution in [0.4, 0.5) is 0 Å². The standard InChI is InChI=1S/C24H27N3O/c1-17-14-23(18(2)27(17)16-19-10-12-25-13-11-19)24(28)26-22-9-5-8-20-6-3-4-7-21(20)15-22/h3-4,6-7,10-14,22H,5,8-9,15-16H2,1-2H3,(H,26,28). The molecular weight excluding hydrogens is 346 g/mol. The van der Waals surface area contributed by atoms with Gasteiger partial charge < -0.3 is 9.88 Å². The predicted octanol–water partition coefficient (Wildman–Crippen LogP) is 4.23. The van der Waals surface area contributed by atoms with Crippen molar-refractivity contribution in [2.75, 3.05) is 0 Å². The van der Waals surface area contributed by atoms with E-state index in [1.807, 2.05) is 25.1 Å². The zero-order valence-corrected chi connectivity index (χ0v) is 16.6. The number of carbonyl (C=O) groups excluding carboxylic acids is 1. The Hall–Kier alpha value is -2.88. The van der Waals surface area contributed by atoms with Crippen LogP contribution >= 0.6 is 0 Å². The maximum atomic E-state index is 13.0. The SMILES string of the molecule is Cc1cc(C(=O)NC2CCCc3ccccc3C2)c(C)n1Cc1ccncc1. The molecule has 0 saturated carbocycles. The van der Waals surface area contributed by atoms with Crippen LogP contribution in [0, 0.1) is 13.8 Å². The summed E-state index contributed by atoms with van der Waals surface area (Å²) in [6.07, 6.45) is 7.77. The molecule has 0 fully saturated rings. The first-order chi connectivity index (χ1) is 13.6. The molecule has 3 aromatic rings. The fraction of sp³-hybridized carbons (Fsp3) is 0.333. The molecule has 1 N–H and O–H groups in total. The third-order valence-electron chi connectivity index (χ3n) is 5.83. The molecular formula is C24H27N3O. The Kier molecular flexibility index (Phi) is 5.29. The molecule has 144 valence electrons. The first kappa shape index (κ1) is 18.5. The molecule has 0 saturated heterocycles. The molecule has 1 amide bonds. The van der Waals surface area contributed by atoms with Gasteiger partial charge in [-0.1, -0.05) is 24.3 Å². The van der Waals surface area contributed by atoms with E-state index in [0.29, 0.717) is 0 Å². The molecule has 1 aromatic carbocycles. The van der Waals surface area contributed by atoms with Gasteiger partial charge in [-0.15, -0.1) is 0 Å². The van der Waals surface area contributed by atoms with E-state index in [4.69, 9.17) is 0 Å². The Bertz CT molecular complexity index is 975. The number of nitrogens with one attached hydrogen (secondary N) is 1. The van der Waals surface area contributed by atoms with E-state index in [1.54, 1.807) is 12.4 Å². The molecule has 1 aliphatic rings. The molecule has 0 radical (unpaired) electrons. The zero-order valence-electron chi connectivity index (χ0n) is 16.6. The van der Waals surface area contributed by atoms with Gasteiger partial charge in [-0.25, -0.2) is 0 Å². The molecule has 28 heavy (non-hydrogen) atoms. The first-order valence-corrected chi connectivity index (χ1v) is 10.0. The van der Waals surface area contributed by atoms with Crippen molar-refractivity contribution >= 4 is 5.91 Å². The van der Waals surface area contributed by atoms with Gasteiger partial charge in [-0.2, -0.15) is 0 Å². The van der Waals surface area contributed by atoms with Crippen LogP contribution in [0.3, 0.4) is 0 Å². The van der Waals surface area contributed by atoms with Gasteiger partial charge >= 0.3 is 0 Å². The summed E-state index contributed by atoms with van der Waals surface area (Å²) >= 11 is 0. The van der Waals surface area contributed by atoms with Crippen molar-refractivity contribution in [1.82, 2.24) is 14.9 Å². The lowest BCUT2D eigenvalue weighted by Gasteiger charge is -2.17. The lowest BCUT2D eigenvalue weighted by molar-refractivity contribution is 0.0934. The quantitative estimate of drug-likeness (QED) is 0.696. The molecule has 2 aromatic heterocycles. The van der Waals surface area contributed by atoms with Crippen molar-refractivity contribution < 1.29 is 4.79 Å². The fourth-order valence-corrected chi connectivity index (χ4v) is 4.24. The van der Waals surface area contributed by atoms with Crippen LogP contribution < -0.4 is 5.32 Å². The van der Waals surface area contributed by atoms with Crippen molar-refractivity contribution in [3.8, 4) is 0 Å². The van der Waals surface area contributed by atoms with Crippen LogP contribution in [0.2, 0.25) is 0 Å². The third kappa shape index (κ3) is 3.86. The minimum Gasteiger partial charge on any atom is -0.349 e. The summed E-state index contributed by atoms with van der Waals surface area (Å²) in [5.41, 5.74) is 6.88. The van der Waals surface area contributed by atoms with Crippen molar-refractivity contribution in [3.05, 3.63) is 88.5 Å². The van der Waals surface area contributed by atoms with Crippen LogP contribution in [-0.4, -0.2) is 21.5 Å². The molecule has 1 atom stereocenters. The smallest absolute Gasteiger partial charge is 0.253 e. The number of aryl methyl sites for hydroxylation is 2. The molecule has 0 aliphatic heterocycles. The number of hydrogen-bond acceptors (Lipinski definition) is 2. The number of fused-ring (bicyclic) bond motifs is 1. The van der Waals surface area contributed by atoms with Gasteiger partial charge in [-0.3, -0.25) is 9.78 Å². The van der Waals surface area contributed by atoms with E-state index in [1.165, 1.54) is 16.7 Å². The molecule has 0 spiro atoms. The van der Waals surface area contributed by atoms with Gasteiger partial charge in [0, 0.05) is 36.4 Å². The Morgan fingerprint density at radius 1 is 1.14 bits per heavy atom. The summed E-state index contributed by atoms with van der Waals surface area (Å²) in [6, 6.07) is 14.8. The van der Waals surface area contributed by atoms with Crippen LogP contribution in [0.15, 0.2) is 54.9 Å². The molecule has 0 bridgehead atoms. The number of aromatic nitrogens is 2. The van der Waals surface area contributed by atoms with Gasteiger partial charge in [0.25, 0.3) is 5.91 Å². The van der Waals surface area contributed by atoms with E-state index in [9.17, 15) is 4.79 Å². The van der Waals surface area contributed by atoms with E-state index in [-0.39, 0.29) is 11.9 Å². The third-order valence-corrected chi connectivity index (χ3v) is 5.83. The lowest BCUT2D eigenvalue weighted by atomic mass is 10.0. The maximum Gasteiger partial charge on any atom is 0.253 e. The zero-order chi connectivity index (χ0) is 19.5. The predicted molar refractivity (Wildman–Crippen MR) is 112 cm³/mol. The molecule has 1 unspecified atom stereocenters. The number of carbonyl (C=O) groups is 1. The highest BCUT2D eigenvalue weighted by Crippen LogP contribution is 2.22. The summed E-state index contributed by atoms with van der Waals surface area (Å²) in [6.45, 7) is 4.85. The molecule has 2 heterocycles. The van der Waals surface area contributed by atoms with Crippen molar-refractivity contribution in [3.63, 3.8) is 0 Å². The number of amides is 1. The van der Waals surface area contributed by atoms with Gasteiger partial charge in [0.05, 0.1) is 5.56 Å². The van der Waals surface area contributed by atoms with Gasteiger partial charge in [-0.05, 0) is 74.4 Å². The van der Waals surface area contributed by atoms with E-state index >= 15 is 0 Å². The number of pyridine rings is 1. The Labute approximate surface area is 166 Å². The van der Waals surface area contributed by atoms with Gasteiger partial charge in [0.15, 0.2) is 0 Å². The minimum atomic E-state index is 0.0402. The van der Waals surface area contributed by atoms with E-state index in [0.717, 1.165) is 49.2 Å². The summed E-state index contributed by atoms with van der Waals surface area (Å²) in [4.78, 5) is 17.1. The second-order valence-corrected chi connectivity index (χ2v) is 7.76. The first-order valence-electron chi connectivity index (χ1n) is 10.0. The Morgan fingerprint density at radius 2 is 1.89 bits per heavy atom. The molecule has 4 nitrogen and oxygen atoms in total. The Morgan fingerprint density at radius 3 is 2.68 bits per heavy atom. The number of rotatable bonds is 4. The van der Waals surface area contributed by atoms with Crippen molar-refractivity contribution in [1.29, 1.82) is 0 Å². The van der Waals surface area contributed by atoms with Crippen molar-refractivity contribution in [2.24, 2.45) is 0 Å². The maximum absolute atomic E-state index is 13.0. The lowest BCUT2D eigenvalue weighted by Crippen LogP contribution is -2.36. The minimum absolute atomic E-state index is 0.0402. The summed E-state index contributed by atoms with van der Waals surface area (Å²) < 4.78 is 2.20. The highest BCUT2D eigenvalue weighted by Gasteiger charge is 2.21. The fourth-order valence-electron chi connectivity index (χ4n) is 4.24. The summed E-state index contributed by atoms with van der Waals surface area (Å²) in [5, 5.41) is 3.30. The average Bonchev–Trinajstić information content (AvgIpc) is 2.87. The van der Waals surface area contributed by atoms with Gasteiger partial charge in [0.1, 0.15) is 0 Å². The van der Waals surface area contributed by atoms with Crippen LogP contribution in [0.5, 0.6) is 0 Å². The van der Waals surface area contributed by atoms with Crippen LogP contribution in [0.25, 0.3) is 0 Å². The number of nitrogens with zero attached hydrogens (tertiary/aromatic N) is 2. The molecule has 4 heteroatoms. The van der Waals surface area contributed by atoms with E-state index < -0.39 is 0 Å². The summed E-state index contributed by atoms with van der Waals surface area (Å²) in [5.74, 6) is 0.0402. The van der Waals surface area contributed by atoms with Crippen LogP contribution in [-0.2, 0) is 19.4 Å². The summed E-state index contributed by atoms with van der Waals surface area (Å²) in [7, 11) is 0. The monoisotopic (exact) mass is 373 g/mol. The second kappa shape index (κ2) is 8.01. The topological polar surface area (TPSA) is 46.9 Å². The largest absolute Gasteiger partial charge is 0.349 e. The highest BCUT2D eigenvalue weighted by molar-refractivity contribution is 5.96. The molecule has 4 rings (SSSR count). The van der Waals surface area contributed by atoms with E-state index in [2.05, 4.69) is 46.1 Å². The Balaban J connectivity index is 1.50. The number of benzene rings is 1.